The molecule has 4 heteroatoms. The third-order valence-electron chi connectivity index (χ3n) is 3.13. The number of hydrogen-bond donors (Lipinski definition) is 2. The van der Waals surface area contributed by atoms with Crippen LogP contribution in [0.5, 0.6) is 0 Å². The number of rotatable bonds is 2. The van der Waals surface area contributed by atoms with E-state index < -0.39 is 0 Å². The fourth-order valence-corrected chi connectivity index (χ4v) is 2.49. The minimum Gasteiger partial charge on any atom is -0.343 e. The van der Waals surface area contributed by atoms with Crippen LogP contribution in [0.3, 0.4) is 0 Å². The summed E-state index contributed by atoms with van der Waals surface area (Å²) in [5, 5.41) is 5.17. The maximum atomic E-state index is 5.85. The summed E-state index contributed by atoms with van der Waals surface area (Å²) < 4.78 is 0. The Hall–Kier alpha value is -1.06. The van der Waals surface area contributed by atoms with Crippen molar-refractivity contribution in [2.75, 3.05) is 6.54 Å². The average Bonchev–Trinajstić information content (AvgIpc) is 2.86. The van der Waals surface area contributed by atoms with E-state index in [4.69, 9.17) is 11.6 Å². The van der Waals surface area contributed by atoms with Crippen LogP contribution in [0.25, 0.3) is 11.0 Å². The Morgan fingerprint density at radius 3 is 3.19 bits per heavy atom. The second-order valence-corrected chi connectivity index (χ2v) is 4.75. The maximum Gasteiger partial charge on any atom is 0.139 e. The van der Waals surface area contributed by atoms with Gasteiger partial charge in [-0.2, -0.15) is 0 Å². The van der Waals surface area contributed by atoms with Gasteiger partial charge in [-0.05, 0) is 37.6 Å². The number of nitrogens with one attached hydrogen (secondary N) is 2. The molecule has 1 aliphatic heterocycles. The first-order chi connectivity index (χ1) is 7.81. The highest BCUT2D eigenvalue weighted by atomic mass is 35.5. The van der Waals surface area contributed by atoms with Crippen LogP contribution in [0.15, 0.2) is 18.2 Å². The van der Waals surface area contributed by atoms with E-state index in [1.165, 1.54) is 18.5 Å². The summed E-state index contributed by atoms with van der Waals surface area (Å²) in [4.78, 5) is 7.59. The number of fused-ring (bicyclic) bond motifs is 1. The standard InChI is InChI=1S/C12H14ClN3/c13-11-4-3-8-6-10(15-12(8)16-11)7-9-2-1-5-14-9/h3-4,6,9,14H,1-2,5,7H2,(H,15,16)/t9-/m1/s1. The topological polar surface area (TPSA) is 40.7 Å². The van der Waals surface area contributed by atoms with E-state index >= 15 is 0 Å². The van der Waals surface area contributed by atoms with Crippen LogP contribution in [0.1, 0.15) is 18.5 Å². The summed E-state index contributed by atoms with van der Waals surface area (Å²) in [5.74, 6) is 0. The van der Waals surface area contributed by atoms with E-state index in [-0.39, 0.29) is 0 Å². The van der Waals surface area contributed by atoms with Crippen molar-refractivity contribution < 1.29 is 0 Å². The number of aromatic amines is 1. The van der Waals surface area contributed by atoms with E-state index in [9.17, 15) is 0 Å². The monoisotopic (exact) mass is 235 g/mol. The van der Waals surface area contributed by atoms with Crippen LogP contribution in [-0.4, -0.2) is 22.6 Å². The molecule has 1 saturated heterocycles. The van der Waals surface area contributed by atoms with Gasteiger partial charge in [-0.1, -0.05) is 11.6 Å². The molecule has 16 heavy (non-hydrogen) atoms. The molecule has 0 bridgehead atoms. The zero-order valence-electron chi connectivity index (χ0n) is 8.96. The molecule has 84 valence electrons. The summed E-state index contributed by atoms with van der Waals surface area (Å²) in [7, 11) is 0. The largest absolute Gasteiger partial charge is 0.343 e. The number of nitrogens with zero attached hydrogens (tertiary/aromatic N) is 1. The molecule has 3 rings (SSSR count). The highest BCUT2D eigenvalue weighted by Gasteiger charge is 2.15. The van der Waals surface area contributed by atoms with Crippen molar-refractivity contribution >= 4 is 22.6 Å². The molecule has 2 N–H and O–H groups in total. The molecule has 0 aliphatic carbocycles. The van der Waals surface area contributed by atoms with Crippen molar-refractivity contribution in [3.05, 3.63) is 29.0 Å². The van der Waals surface area contributed by atoms with Crippen LogP contribution in [-0.2, 0) is 6.42 Å². The van der Waals surface area contributed by atoms with Crippen LogP contribution in [0, 0.1) is 0 Å². The van der Waals surface area contributed by atoms with Crippen LogP contribution < -0.4 is 5.32 Å². The molecule has 0 unspecified atom stereocenters. The zero-order chi connectivity index (χ0) is 11.0. The van der Waals surface area contributed by atoms with E-state index in [1.807, 2.05) is 12.1 Å². The Bertz CT molecular complexity index is 500. The molecule has 3 heterocycles. The zero-order valence-corrected chi connectivity index (χ0v) is 9.72. The molecule has 0 spiro atoms. The molecule has 2 aromatic rings. The Labute approximate surface area is 99.2 Å². The molecule has 1 atom stereocenters. The Morgan fingerprint density at radius 2 is 2.38 bits per heavy atom. The SMILES string of the molecule is Clc1ccc2cc(C[C@H]3CCCN3)[nH]c2n1. The predicted octanol–water partition coefficient (Wildman–Crippen LogP) is 2.51. The first-order valence-electron chi connectivity index (χ1n) is 5.69. The lowest BCUT2D eigenvalue weighted by molar-refractivity contribution is 0.597. The molecule has 3 nitrogen and oxygen atoms in total. The van der Waals surface area contributed by atoms with Crippen molar-refractivity contribution in [2.45, 2.75) is 25.3 Å². The normalized spacial score (nSPS) is 20.7. The Balaban J connectivity index is 1.86. The predicted molar refractivity (Wildman–Crippen MR) is 65.8 cm³/mol. The molecular formula is C12H14ClN3. The van der Waals surface area contributed by atoms with Crippen molar-refractivity contribution in [3.63, 3.8) is 0 Å². The molecule has 0 radical (unpaired) electrons. The van der Waals surface area contributed by atoms with Gasteiger partial charge >= 0.3 is 0 Å². The first kappa shape index (κ1) is 10.1. The number of H-pyrrole nitrogens is 1. The van der Waals surface area contributed by atoms with Gasteiger partial charge < -0.3 is 10.3 Å². The van der Waals surface area contributed by atoms with Crippen molar-refractivity contribution in [3.8, 4) is 0 Å². The molecule has 0 amide bonds. The fraction of sp³-hybridized carbons (Fsp3) is 0.417. The second kappa shape index (κ2) is 4.07. The summed E-state index contributed by atoms with van der Waals surface area (Å²) in [6.07, 6.45) is 3.60. The lowest BCUT2D eigenvalue weighted by Crippen LogP contribution is -2.23. The fourth-order valence-electron chi connectivity index (χ4n) is 2.34. The lowest BCUT2D eigenvalue weighted by atomic mass is 10.1. The highest BCUT2D eigenvalue weighted by molar-refractivity contribution is 6.29. The maximum absolute atomic E-state index is 5.85. The van der Waals surface area contributed by atoms with Crippen molar-refractivity contribution in [1.29, 1.82) is 0 Å². The van der Waals surface area contributed by atoms with E-state index in [0.29, 0.717) is 11.2 Å². The van der Waals surface area contributed by atoms with Gasteiger partial charge in [0.1, 0.15) is 10.8 Å². The Kier molecular flexibility index (Phi) is 2.58. The summed E-state index contributed by atoms with van der Waals surface area (Å²) in [6, 6.07) is 6.62. The molecule has 0 aromatic carbocycles. The number of hydrogen-bond acceptors (Lipinski definition) is 2. The van der Waals surface area contributed by atoms with Crippen LogP contribution in [0.4, 0.5) is 0 Å². The summed E-state index contributed by atoms with van der Waals surface area (Å²) in [5.41, 5.74) is 2.13. The smallest absolute Gasteiger partial charge is 0.139 e. The Morgan fingerprint density at radius 1 is 1.44 bits per heavy atom. The molecule has 1 aliphatic rings. The van der Waals surface area contributed by atoms with Crippen molar-refractivity contribution in [2.24, 2.45) is 0 Å². The van der Waals surface area contributed by atoms with Crippen LogP contribution in [0.2, 0.25) is 5.15 Å². The molecule has 0 saturated carbocycles. The van der Waals surface area contributed by atoms with E-state index in [2.05, 4.69) is 21.4 Å². The number of halogens is 1. The van der Waals surface area contributed by atoms with Gasteiger partial charge in [0.2, 0.25) is 0 Å². The third kappa shape index (κ3) is 1.93. The molecule has 1 fully saturated rings. The van der Waals surface area contributed by atoms with Crippen molar-refractivity contribution in [1.82, 2.24) is 15.3 Å². The lowest BCUT2D eigenvalue weighted by Gasteiger charge is -2.07. The first-order valence-corrected chi connectivity index (χ1v) is 6.06. The van der Waals surface area contributed by atoms with Gasteiger partial charge in [-0.15, -0.1) is 0 Å². The summed E-state index contributed by atoms with van der Waals surface area (Å²) >= 11 is 5.85. The van der Waals surface area contributed by atoms with E-state index in [0.717, 1.165) is 24.0 Å². The second-order valence-electron chi connectivity index (χ2n) is 4.36. The minimum atomic E-state index is 0.542. The van der Waals surface area contributed by atoms with Crippen LogP contribution >= 0.6 is 11.6 Å². The molecule has 2 aromatic heterocycles. The molecular weight excluding hydrogens is 222 g/mol. The quantitative estimate of drug-likeness (QED) is 0.786. The van der Waals surface area contributed by atoms with Gasteiger partial charge in [-0.25, -0.2) is 4.98 Å². The average molecular weight is 236 g/mol. The van der Waals surface area contributed by atoms with Gasteiger partial charge in [0.25, 0.3) is 0 Å². The van der Waals surface area contributed by atoms with E-state index in [1.54, 1.807) is 0 Å². The third-order valence-corrected chi connectivity index (χ3v) is 3.34. The van der Waals surface area contributed by atoms with Gasteiger partial charge in [0.15, 0.2) is 0 Å². The minimum absolute atomic E-state index is 0.542. The number of pyridine rings is 1. The number of aromatic nitrogens is 2. The van der Waals surface area contributed by atoms with Gasteiger partial charge in [0.05, 0.1) is 0 Å². The van der Waals surface area contributed by atoms with Gasteiger partial charge in [-0.3, -0.25) is 0 Å². The highest BCUT2D eigenvalue weighted by Crippen LogP contribution is 2.18. The summed E-state index contributed by atoms with van der Waals surface area (Å²) in [6.45, 7) is 1.15. The van der Waals surface area contributed by atoms with Gasteiger partial charge in [0, 0.05) is 23.5 Å².